The lowest BCUT2D eigenvalue weighted by Crippen LogP contribution is -2.37. The van der Waals surface area contributed by atoms with Crippen molar-refractivity contribution < 1.29 is 23.8 Å². The lowest BCUT2D eigenvalue weighted by atomic mass is 9.57. The van der Waals surface area contributed by atoms with Crippen molar-refractivity contribution in [3.05, 3.63) is 11.1 Å². The van der Waals surface area contributed by atoms with Crippen LogP contribution >= 0.6 is 0 Å². The SMILES string of the molecule is CC(=O)O[C@@H]1OC2OC(=O)C3=C(C)C([C@@]4(C)CCCC(C)(C)C4)CCC1C32. The van der Waals surface area contributed by atoms with Gasteiger partial charge in [-0.15, -0.1) is 0 Å². The minimum atomic E-state index is -0.609. The molecule has 2 aliphatic carbocycles. The minimum absolute atomic E-state index is 0.000464. The van der Waals surface area contributed by atoms with Crippen molar-refractivity contribution in [2.75, 3.05) is 0 Å². The highest BCUT2D eigenvalue weighted by Gasteiger charge is 2.58. The molecule has 2 heterocycles. The molecule has 2 aliphatic heterocycles. The first-order valence-electron chi connectivity index (χ1n) is 10.4. The summed E-state index contributed by atoms with van der Waals surface area (Å²) in [7, 11) is 0. The summed E-state index contributed by atoms with van der Waals surface area (Å²) in [6.45, 7) is 10.7. The molecule has 0 aromatic carbocycles. The zero-order valence-corrected chi connectivity index (χ0v) is 17.2. The summed E-state index contributed by atoms with van der Waals surface area (Å²) in [5.74, 6) is -0.329. The van der Waals surface area contributed by atoms with Crippen molar-refractivity contribution >= 4 is 11.9 Å². The van der Waals surface area contributed by atoms with Crippen molar-refractivity contribution in [3.63, 3.8) is 0 Å². The molecule has 2 saturated heterocycles. The molecule has 4 aliphatic rings. The second-order valence-corrected chi connectivity index (χ2v) is 10.2. The van der Waals surface area contributed by atoms with Crippen molar-refractivity contribution in [1.29, 1.82) is 0 Å². The fourth-order valence-electron chi connectivity index (χ4n) is 6.64. The van der Waals surface area contributed by atoms with Crippen LogP contribution < -0.4 is 0 Å². The number of carbonyl (C=O) groups excluding carboxylic acids is 2. The third-order valence-corrected chi connectivity index (χ3v) is 7.49. The zero-order chi connectivity index (χ0) is 19.6. The number of hydrogen-bond donors (Lipinski definition) is 0. The van der Waals surface area contributed by atoms with Crippen LogP contribution in [0.1, 0.15) is 73.1 Å². The Morgan fingerprint density at radius 1 is 1.19 bits per heavy atom. The molecule has 5 heteroatoms. The molecule has 150 valence electrons. The van der Waals surface area contributed by atoms with Gasteiger partial charge in [0.15, 0.2) is 0 Å². The van der Waals surface area contributed by atoms with Gasteiger partial charge in [0.05, 0.1) is 5.92 Å². The highest BCUT2D eigenvalue weighted by Crippen LogP contribution is 2.58. The normalized spacial score (nSPS) is 43.1. The smallest absolute Gasteiger partial charge is 0.336 e. The molecule has 0 N–H and O–H groups in total. The van der Waals surface area contributed by atoms with Gasteiger partial charge < -0.3 is 14.2 Å². The van der Waals surface area contributed by atoms with Crippen LogP contribution in [0, 0.1) is 28.6 Å². The van der Waals surface area contributed by atoms with Crippen LogP contribution in [0.25, 0.3) is 0 Å². The van der Waals surface area contributed by atoms with Crippen LogP contribution in [-0.4, -0.2) is 24.5 Å². The van der Waals surface area contributed by atoms with Gasteiger partial charge in [0.1, 0.15) is 0 Å². The minimum Gasteiger partial charge on any atom is -0.435 e. The first kappa shape index (κ1) is 19.0. The highest BCUT2D eigenvalue weighted by atomic mass is 16.8. The first-order chi connectivity index (χ1) is 12.6. The molecule has 0 spiro atoms. The molecule has 0 amide bonds. The monoisotopic (exact) mass is 376 g/mol. The maximum absolute atomic E-state index is 12.7. The van der Waals surface area contributed by atoms with Gasteiger partial charge in [-0.1, -0.05) is 32.8 Å². The third-order valence-electron chi connectivity index (χ3n) is 7.49. The fraction of sp³-hybridized carbons (Fsp3) is 0.818. The summed E-state index contributed by atoms with van der Waals surface area (Å²) < 4.78 is 16.8. The van der Waals surface area contributed by atoms with E-state index >= 15 is 0 Å². The Hall–Kier alpha value is -1.36. The molecular weight excluding hydrogens is 344 g/mol. The number of ether oxygens (including phenoxy) is 3. The van der Waals surface area contributed by atoms with Crippen molar-refractivity contribution in [3.8, 4) is 0 Å². The average molecular weight is 376 g/mol. The van der Waals surface area contributed by atoms with Crippen molar-refractivity contribution in [1.82, 2.24) is 0 Å². The summed E-state index contributed by atoms with van der Waals surface area (Å²) in [6.07, 6.45) is 5.55. The Bertz CT molecular complexity index is 693. The zero-order valence-electron chi connectivity index (χ0n) is 17.2. The predicted octanol–water partition coefficient (Wildman–Crippen LogP) is 4.35. The molecule has 0 aromatic rings. The Morgan fingerprint density at radius 3 is 2.59 bits per heavy atom. The molecule has 0 bridgehead atoms. The standard InChI is InChI=1S/C22H32O5/c1-12-15(22(5)10-6-9-21(3,4)11-22)8-7-14-17-16(12)18(24)26-20(17)27-19(14)25-13(2)23/h14-15,17,19-20H,6-11H2,1-5H3/t14?,15?,17?,19-,20?,22+/m1/s1. The predicted molar refractivity (Wildman–Crippen MR) is 99.3 cm³/mol. The van der Waals surface area contributed by atoms with Crippen LogP contribution in [0.3, 0.4) is 0 Å². The van der Waals surface area contributed by atoms with Gasteiger partial charge in [-0.25, -0.2) is 4.79 Å². The number of hydrogen-bond acceptors (Lipinski definition) is 5. The lowest BCUT2D eigenvalue weighted by molar-refractivity contribution is -0.208. The summed E-state index contributed by atoms with van der Waals surface area (Å²) in [4.78, 5) is 24.2. The maximum atomic E-state index is 12.7. The Morgan fingerprint density at radius 2 is 1.93 bits per heavy atom. The summed E-state index contributed by atoms with van der Waals surface area (Å²) >= 11 is 0. The molecule has 4 rings (SSSR count). The third kappa shape index (κ3) is 3.12. The van der Waals surface area contributed by atoms with E-state index in [2.05, 4.69) is 27.7 Å². The molecule has 4 unspecified atom stereocenters. The van der Waals surface area contributed by atoms with Gasteiger partial charge in [-0.2, -0.15) is 0 Å². The molecule has 1 saturated carbocycles. The highest BCUT2D eigenvalue weighted by molar-refractivity contribution is 5.92. The van der Waals surface area contributed by atoms with Gasteiger partial charge >= 0.3 is 11.9 Å². The molecule has 0 radical (unpaired) electrons. The van der Waals surface area contributed by atoms with Gasteiger partial charge in [0.25, 0.3) is 0 Å². The summed E-state index contributed by atoms with van der Waals surface area (Å²) in [5, 5.41) is 0. The van der Waals surface area contributed by atoms with Gasteiger partial charge in [0.2, 0.25) is 12.6 Å². The van der Waals surface area contributed by atoms with Gasteiger partial charge in [-0.05, 0) is 55.8 Å². The number of carbonyl (C=O) groups is 2. The van der Waals surface area contributed by atoms with E-state index in [1.807, 2.05) is 0 Å². The van der Waals surface area contributed by atoms with Gasteiger partial charge in [0, 0.05) is 18.4 Å². The largest absolute Gasteiger partial charge is 0.435 e. The second-order valence-electron chi connectivity index (χ2n) is 10.2. The second kappa shape index (κ2) is 6.33. The average Bonchev–Trinajstić information content (AvgIpc) is 2.93. The van der Waals surface area contributed by atoms with E-state index in [1.54, 1.807) is 0 Å². The van der Waals surface area contributed by atoms with E-state index in [9.17, 15) is 9.59 Å². The molecule has 6 atom stereocenters. The summed E-state index contributed by atoms with van der Waals surface area (Å²) in [6, 6.07) is 0. The fourth-order valence-corrected chi connectivity index (χ4v) is 6.64. The number of allylic oxidation sites excluding steroid dienone is 1. The molecule has 0 aromatic heterocycles. The van der Waals surface area contributed by atoms with Gasteiger partial charge in [-0.3, -0.25) is 4.79 Å². The van der Waals surface area contributed by atoms with Crippen LogP contribution in [-0.2, 0) is 23.8 Å². The van der Waals surface area contributed by atoms with E-state index in [-0.39, 0.29) is 29.2 Å². The van der Waals surface area contributed by atoms with Crippen LogP contribution in [0.4, 0.5) is 0 Å². The Labute approximate surface area is 161 Å². The molecule has 3 fully saturated rings. The van der Waals surface area contributed by atoms with E-state index in [4.69, 9.17) is 14.2 Å². The summed E-state index contributed by atoms with van der Waals surface area (Å²) in [5.41, 5.74) is 2.50. The topological polar surface area (TPSA) is 61.8 Å². The van der Waals surface area contributed by atoms with Crippen LogP contribution in [0.15, 0.2) is 11.1 Å². The maximum Gasteiger partial charge on any atom is 0.336 e. The van der Waals surface area contributed by atoms with Crippen LogP contribution in [0.5, 0.6) is 0 Å². The first-order valence-corrected chi connectivity index (χ1v) is 10.4. The Kier molecular flexibility index (Phi) is 4.45. The molecule has 27 heavy (non-hydrogen) atoms. The van der Waals surface area contributed by atoms with E-state index in [0.717, 1.165) is 18.4 Å². The van der Waals surface area contributed by atoms with E-state index < -0.39 is 12.6 Å². The molecular formula is C22H32O5. The van der Waals surface area contributed by atoms with Crippen LogP contribution in [0.2, 0.25) is 0 Å². The number of esters is 2. The van der Waals surface area contributed by atoms with Crippen molar-refractivity contribution in [2.24, 2.45) is 28.6 Å². The van der Waals surface area contributed by atoms with Crippen molar-refractivity contribution in [2.45, 2.75) is 85.7 Å². The number of rotatable bonds is 2. The Balaban J connectivity index is 1.69. The lowest BCUT2D eigenvalue weighted by Gasteiger charge is -2.48. The van der Waals surface area contributed by atoms with E-state index in [1.165, 1.54) is 38.2 Å². The van der Waals surface area contributed by atoms with E-state index in [0.29, 0.717) is 11.3 Å². The molecule has 5 nitrogen and oxygen atoms in total. The quantitative estimate of drug-likeness (QED) is 0.670.